The Morgan fingerprint density at radius 3 is 2.28 bits per heavy atom. The fraction of sp³-hybridized carbons (Fsp3) is 0.200. The second-order valence-corrected chi connectivity index (χ2v) is 8.26. The average Bonchev–Trinajstić information content (AvgIpc) is 2.95. The Kier molecular flexibility index (Phi) is 8.54. The topological polar surface area (TPSA) is 60.9 Å². The highest BCUT2D eigenvalue weighted by molar-refractivity contribution is 5.97. The second-order valence-electron chi connectivity index (χ2n) is 8.26. The van der Waals surface area contributed by atoms with Crippen LogP contribution in [0.2, 0.25) is 0 Å². The maximum Gasteiger partial charge on any atom is 0.257 e. The van der Waals surface area contributed by atoms with Crippen LogP contribution in [0.3, 0.4) is 0 Å². The van der Waals surface area contributed by atoms with Gasteiger partial charge in [-0.1, -0.05) is 54.6 Å². The van der Waals surface area contributed by atoms with Gasteiger partial charge in [-0.05, 0) is 47.5 Å². The Morgan fingerprint density at radius 1 is 0.778 bits per heavy atom. The fourth-order valence-corrected chi connectivity index (χ4v) is 3.92. The van der Waals surface area contributed by atoms with Crippen molar-refractivity contribution in [2.24, 2.45) is 0 Å². The summed E-state index contributed by atoms with van der Waals surface area (Å²) in [4.78, 5) is 19.8. The first-order valence-corrected chi connectivity index (χ1v) is 11.8. The molecule has 0 fully saturated rings. The molecule has 0 aliphatic carbocycles. The van der Waals surface area contributed by atoms with Crippen LogP contribution in [0.15, 0.2) is 97.2 Å². The van der Waals surface area contributed by atoms with Crippen molar-refractivity contribution < 1.29 is 19.0 Å². The van der Waals surface area contributed by atoms with Crippen molar-refractivity contribution in [3.05, 3.63) is 120 Å². The number of amides is 1. The number of hydrogen-bond donors (Lipinski definition) is 0. The molecule has 4 rings (SSSR count). The first kappa shape index (κ1) is 24.8. The third-order valence-corrected chi connectivity index (χ3v) is 5.83. The van der Waals surface area contributed by atoms with Crippen molar-refractivity contribution in [2.45, 2.75) is 19.6 Å². The minimum absolute atomic E-state index is 0.105. The van der Waals surface area contributed by atoms with Gasteiger partial charge in [0.2, 0.25) is 0 Å². The molecule has 0 saturated carbocycles. The summed E-state index contributed by atoms with van der Waals surface area (Å²) in [6.07, 6.45) is 2.40. The van der Waals surface area contributed by atoms with Crippen LogP contribution in [0.25, 0.3) is 0 Å². The summed E-state index contributed by atoms with van der Waals surface area (Å²) in [7, 11) is 3.19. The molecule has 184 valence electrons. The lowest BCUT2D eigenvalue weighted by atomic mass is 10.1. The van der Waals surface area contributed by atoms with Crippen molar-refractivity contribution in [2.75, 3.05) is 20.8 Å². The monoisotopic (exact) mass is 482 g/mol. The Hall–Kier alpha value is -4.32. The summed E-state index contributed by atoms with van der Waals surface area (Å²) in [6, 6.07) is 28.8. The van der Waals surface area contributed by atoms with Crippen LogP contribution in [-0.4, -0.2) is 36.6 Å². The number of para-hydroxylation sites is 1. The Bertz CT molecular complexity index is 1260. The molecule has 1 amide bonds. The van der Waals surface area contributed by atoms with Crippen molar-refractivity contribution in [3.63, 3.8) is 0 Å². The van der Waals surface area contributed by atoms with Crippen LogP contribution in [0.5, 0.6) is 17.2 Å². The van der Waals surface area contributed by atoms with E-state index < -0.39 is 0 Å². The van der Waals surface area contributed by atoms with Gasteiger partial charge in [0.15, 0.2) is 11.5 Å². The molecule has 0 atom stereocenters. The predicted molar refractivity (Wildman–Crippen MR) is 139 cm³/mol. The Labute approximate surface area is 212 Å². The molecule has 0 radical (unpaired) electrons. The number of pyridine rings is 1. The molecule has 0 unspecified atom stereocenters. The molecule has 36 heavy (non-hydrogen) atoms. The van der Waals surface area contributed by atoms with Gasteiger partial charge in [-0.3, -0.25) is 9.78 Å². The van der Waals surface area contributed by atoms with Crippen LogP contribution in [0, 0.1) is 0 Å². The predicted octanol–water partition coefficient (Wildman–Crippen LogP) is 5.56. The molecule has 3 aromatic carbocycles. The molecular formula is C30H30N2O4. The summed E-state index contributed by atoms with van der Waals surface area (Å²) in [6.45, 7) is 1.35. The number of carbonyl (C=O) groups excluding carboxylic acids is 1. The Balaban J connectivity index is 1.54. The van der Waals surface area contributed by atoms with E-state index in [0.717, 1.165) is 16.8 Å². The SMILES string of the molecule is COc1cc(CN(CCc2ccccn2)C(=O)c2ccccc2OC)ccc1OCc1ccccc1. The van der Waals surface area contributed by atoms with Gasteiger partial charge in [0, 0.05) is 31.4 Å². The summed E-state index contributed by atoms with van der Waals surface area (Å²) in [5, 5.41) is 0. The molecule has 4 aromatic rings. The van der Waals surface area contributed by atoms with E-state index in [2.05, 4.69) is 4.98 Å². The van der Waals surface area contributed by atoms with E-state index in [1.807, 2.05) is 83.8 Å². The minimum atomic E-state index is -0.105. The van der Waals surface area contributed by atoms with Gasteiger partial charge in [-0.25, -0.2) is 0 Å². The molecule has 1 aromatic heterocycles. The standard InChI is InChI=1S/C30H30N2O4/c1-34-27-14-7-6-13-26(27)30(33)32(19-17-25-12-8-9-18-31-25)21-24-15-16-28(29(20-24)35-2)36-22-23-10-4-3-5-11-23/h3-16,18,20H,17,19,21-22H2,1-2H3. The van der Waals surface area contributed by atoms with Gasteiger partial charge >= 0.3 is 0 Å². The highest BCUT2D eigenvalue weighted by Gasteiger charge is 2.20. The largest absolute Gasteiger partial charge is 0.496 e. The summed E-state index contributed by atoms with van der Waals surface area (Å²) in [5.74, 6) is 1.72. The number of methoxy groups -OCH3 is 2. The summed E-state index contributed by atoms with van der Waals surface area (Å²) < 4.78 is 17.1. The molecule has 1 heterocycles. The Morgan fingerprint density at radius 2 is 1.53 bits per heavy atom. The zero-order valence-electron chi connectivity index (χ0n) is 20.6. The summed E-state index contributed by atoms with van der Waals surface area (Å²) >= 11 is 0. The van der Waals surface area contributed by atoms with Gasteiger partial charge in [-0.15, -0.1) is 0 Å². The van der Waals surface area contributed by atoms with Crippen LogP contribution < -0.4 is 14.2 Å². The number of benzene rings is 3. The van der Waals surface area contributed by atoms with Crippen LogP contribution in [0.4, 0.5) is 0 Å². The van der Waals surface area contributed by atoms with Crippen LogP contribution in [0.1, 0.15) is 27.2 Å². The lowest BCUT2D eigenvalue weighted by Crippen LogP contribution is -2.33. The van der Waals surface area contributed by atoms with Gasteiger partial charge in [0.25, 0.3) is 5.91 Å². The highest BCUT2D eigenvalue weighted by Crippen LogP contribution is 2.30. The molecule has 6 heteroatoms. The van der Waals surface area contributed by atoms with E-state index in [0.29, 0.717) is 48.9 Å². The normalized spacial score (nSPS) is 10.5. The number of carbonyl (C=O) groups is 1. The number of rotatable bonds is 11. The van der Waals surface area contributed by atoms with Crippen molar-refractivity contribution in [3.8, 4) is 17.2 Å². The summed E-state index contributed by atoms with van der Waals surface area (Å²) in [5.41, 5.74) is 3.46. The van der Waals surface area contributed by atoms with Crippen LogP contribution >= 0.6 is 0 Å². The van der Waals surface area contributed by atoms with Crippen LogP contribution in [-0.2, 0) is 19.6 Å². The number of nitrogens with zero attached hydrogens (tertiary/aromatic N) is 2. The molecule has 0 aliphatic rings. The molecule has 0 spiro atoms. The third kappa shape index (κ3) is 6.42. The van der Waals surface area contributed by atoms with Gasteiger partial charge in [-0.2, -0.15) is 0 Å². The van der Waals surface area contributed by atoms with Gasteiger partial charge < -0.3 is 19.1 Å². The maximum atomic E-state index is 13.6. The van der Waals surface area contributed by atoms with Gasteiger partial charge in [0.05, 0.1) is 19.8 Å². The van der Waals surface area contributed by atoms with Crippen molar-refractivity contribution >= 4 is 5.91 Å². The first-order valence-electron chi connectivity index (χ1n) is 11.8. The minimum Gasteiger partial charge on any atom is -0.496 e. The molecule has 0 aliphatic heterocycles. The van der Waals surface area contributed by atoms with Gasteiger partial charge in [0.1, 0.15) is 12.4 Å². The highest BCUT2D eigenvalue weighted by atomic mass is 16.5. The molecular weight excluding hydrogens is 452 g/mol. The lowest BCUT2D eigenvalue weighted by molar-refractivity contribution is 0.0741. The van der Waals surface area contributed by atoms with E-state index in [9.17, 15) is 4.79 Å². The van der Waals surface area contributed by atoms with Crippen molar-refractivity contribution in [1.29, 1.82) is 0 Å². The molecule has 0 bridgehead atoms. The maximum absolute atomic E-state index is 13.6. The third-order valence-electron chi connectivity index (χ3n) is 5.83. The van der Waals surface area contributed by atoms with Crippen molar-refractivity contribution in [1.82, 2.24) is 9.88 Å². The number of ether oxygens (including phenoxy) is 3. The lowest BCUT2D eigenvalue weighted by Gasteiger charge is -2.24. The zero-order chi connectivity index (χ0) is 25.2. The fourth-order valence-electron chi connectivity index (χ4n) is 3.92. The van der Waals surface area contributed by atoms with E-state index in [4.69, 9.17) is 14.2 Å². The molecule has 0 N–H and O–H groups in total. The van der Waals surface area contributed by atoms with E-state index in [-0.39, 0.29) is 5.91 Å². The van der Waals surface area contributed by atoms with E-state index >= 15 is 0 Å². The number of aromatic nitrogens is 1. The van der Waals surface area contributed by atoms with E-state index in [1.165, 1.54) is 0 Å². The molecule has 0 saturated heterocycles. The van der Waals surface area contributed by atoms with E-state index in [1.54, 1.807) is 32.5 Å². The smallest absolute Gasteiger partial charge is 0.257 e. The molecule has 6 nitrogen and oxygen atoms in total. The zero-order valence-corrected chi connectivity index (χ0v) is 20.6. The quantitative estimate of drug-likeness (QED) is 0.280. The number of hydrogen-bond acceptors (Lipinski definition) is 5. The first-order chi connectivity index (χ1) is 17.7. The second kappa shape index (κ2) is 12.4. The average molecular weight is 483 g/mol.